The Labute approximate surface area is 52.8 Å². The zero-order valence-corrected chi connectivity index (χ0v) is 6.50. The molecule has 1 saturated heterocycles. The van der Waals surface area contributed by atoms with Crippen molar-refractivity contribution >= 4 is 9.44 Å². The molecule has 1 aliphatic heterocycles. The Hall–Kier alpha value is 0.130. The molecule has 1 heterocycles. The van der Waals surface area contributed by atoms with E-state index in [2.05, 4.69) is 13.8 Å². The van der Waals surface area contributed by atoms with Gasteiger partial charge in [0, 0.05) is 0 Å². The number of rotatable bonds is 1. The predicted molar refractivity (Wildman–Crippen MR) is 42.0 cm³/mol. The lowest BCUT2D eigenvalue weighted by atomic mass is 10.4. The Kier molecular flexibility index (Phi) is 1.42. The van der Waals surface area contributed by atoms with Crippen molar-refractivity contribution in [3.05, 3.63) is 0 Å². The van der Waals surface area contributed by atoms with Gasteiger partial charge >= 0.3 is 0 Å². The first-order valence-corrected chi connectivity index (χ1v) is 5.34. The second-order valence-corrected chi connectivity index (χ2v) is 6.27. The molecule has 0 N–H and O–H groups in total. The van der Waals surface area contributed by atoms with Crippen molar-refractivity contribution in [1.29, 1.82) is 0 Å². The molecule has 0 aliphatic carbocycles. The van der Waals surface area contributed by atoms with E-state index < -0.39 is 9.44 Å². The Bertz CT molecular complexity index is 160. The minimum atomic E-state index is -0.503. The highest BCUT2D eigenvalue weighted by molar-refractivity contribution is 8.30. The summed E-state index contributed by atoms with van der Waals surface area (Å²) >= 11 is 0. The van der Waals surface area contributed by atoms with Gasteiger partial charge in [-0.2, -0.15) is 9.44 Å². The lowest BCUT2D eigenvalue weighted by Crippen LogP contribution is -1.92. The Morgan fingerprint density at radius 1 is 1.62 bits per heavy atom. The van der Waals surface area contributed by atoms with Crippen LogP contribution in [0.1, 0.15) is 20.3 Å². The molecule has 1 fully saturated rings. The summed E-state index contributed by atoms with van der Waals surface area (Å²) in [7, 11) is -0.503. The van der Waals surface area contributed by atoms with Crippen LogP contribution in [0.2, 0.25) is 0 Å². The molecule has 1 atom stereocenters. The van der Waals surface area contributed by atoms with Gasteiger partial charge in [-0.05, 0) is 23.2 Å². The molecule has 0 aromatic carbocycles. The van der Waals surface area contributed by atoms with Crippen LogP contribution < -0.4 is 0 Å². The fourth-order valence-corrected chi connectivity index (χ4v) is 3.07. The monoisotopic (exact) mass is 130 g/mol. The van der Waals surface area contributed by atoms with Crippen LogP contribution in [0.3, 0.4) is 0 Å². The summed E-state index contributed by atoms with van der Waals surface area (Å²) in [6.07, 6.45) is 1.27. The molecule has 8 heavy (non-hydrogen) atoms. The average molecular weight is 130 g/mol. The van der Waals surface area contributed by atoms with E-state index in [1.54, 1.807) is 0 Å². The molecule has 1 heteroatoms. The highest BCUT2D eigenvalue weighted by atomic mass is 32.2. The molecule has 0 aromatic heterocycles. The first-order valence-electron chi connectivity index (χ1n) is 3.24. The molecule has 1 rings (SSSR count). The molecule has 1 aliphatic rings. The fraction of sp³-hybridized carbons (Fsp3) is 0.857. The van der Waals surface area contributed by atoms with Gasteiger partial charge in [0.15, 0.2) is 0 Å². The number of hydrogen-bond donors (Lipinski definition) is 0. The van der Waals surface area contributed by atoms with E-state index in [4.69, 9.17) is 5.69 Å². The SMILES string of the molecule is C#S1(C(C)CC)CC1. The molecule has 0 nitrogen and oxygen atoms in total. The van der Waals surface area contributed by atoms with Crippen molar-refractivity contribution in [3.8, 4) is 5.69 Å². The third-order valence-electron chi connectivity index (χ3n) is 2.05. The van der Waals surface area contributed by atoms with E-state index in [1.807, 2.05) is 0 Å². The molecular formula is C7H14S. The number of hydrogen-bond acceptors (Lipinski definition) is 0. The molecule has 0 bridgehead atoms. The van der Waals surface area contributed by atoms with E-state index in [1.165, 1.54) is 17.9 Å². The smallest absolute Gasteiger partial charge is 0.00477 e. The van der Waals surface area contributed by atoms with Gasteiger partial charge in [0.1, 0.15) is 0 Å². The quantitative estimate of drug-likeness (QED) is 0.477. The third kappa shape index (κ3) is 0.936. The van der Waals surface area contributed by atoms with E-state index in [0.29, 0.717) is 0 Å². The normalized spacial score (nSPS) is 27.1. The Balaban J connectivity index is 2.51. The zero-order valence-electron chi connectivity index (χ0n) is 5.68. The van der Waals surface area contributed by atoms with Gasteiger partial charge in [0.2, 0.25) is 0 Å². The largest absolute Gasteiger partial charge is 0.188 e. The summed E-state index contributed by atoms with van der Waals surface area (Å²) in [4.78, 5) is 0. The van der Waals surface area contributed by atoms with Crippen LogP contribution in [0.15, 0.2) is 0 Å². The first kappa shape index (κ1) is 6.25. The minimum Gasteiger partial charge on any atom is -0.188 e. The van der Waals surface area contributed by atoms with Crippen LogP contribution in [0.5, 0.6) is 0 Å². The van der Waals surface area contributed by atoms with Crippen molar-refractivity contribution < 1.29 is 0 Å². The molecule has 0 spiro atoms. The van der Waals surface area contributed by atoms with Gasteiger partial charge in [0.05, 0.1) is 0 Å². The topological polar surface area (TPSA) is 0 Å². The highest BCUT2D eigenvalue weighted by Crippen LogP contribution is 2.51. The maximum Gasteiger partial charge on any atom is -0.00477 e. The van der Waals surface area contributed by atoms with Crippen LogP contribution in [-0.2, 0) is 0 Å². The molecule has 0 aromatic rings. The molecule has 1 unspecified atom stereocenters. The van der Waals surface area contributed by atoms with Crippen LogP contribution in [0.25, 0.3) is 0 Å². The minimum absolute atomic E-state index is 0.503. The standard InChI is InChI=1S/C7H14S/c1-4-7(2)8(3)5-6-8/h3,7H,4-6H2,1-2H3. The summed E-state index contributed by atoms with van der Waals surface area (Å²) < 4.78 is 0. The summed E-state index contributed by atoms with van der Waals surface area (Å²) in [5, 5.41) is 0.822. The van der Waals surface area contributed by atoms with Crippen LogP contribution in [0, 0.1) is 5.69 Å². The van der Waals surface area contributed by atoms with Crippen molar-refractivity contribution in [3.63, 3.8) is 0 Å². The van der Waals surface area contributed by atoms with Gasteiger partial charge < -0.3 is 0 Å². The maximum absolute atomic E-state index is 5.98. The summed E-state index contributed by atoms with van der Waals surface area (Å²) in [5.74, 6) is 2.67. The summed E-state index contributed by atoms with van der Waals surface area (Å²) in [6, 6.07) is 0. The molecular weight excluding hydrogens is 116 g/mol. The van der Waals surface area contributed by atoms with Gasteiger partial charge in [-0.15, -0.1) is 5.69 Å². The van der Waals surface area contributed by atoms with Crippen molar-refractivity contribution in [2.45, 2.75) is 25.5 Å². The summed E-state index contributed by atoms with van der Waals surface area (Å²) in [5.41, 5.74) is 5.98. The lowest BCUT2D eigenvalue weighted by molar-refractivity contribution is 0.906. The average Bonchev–Trinajstić information content (AvgIpc) is 2.47. The second-order valence-electron chi connectivity index (χ2n) is 2.63. The van der Waals surface area contributed by atoms with Gasteiger partial charge in [-0.3, -0.25) is 0 Å². The van der Waals surface area contributed by atoms with E-state index in [9.17, 15) is 0 Å². The second kappa shape index (κ2) is 1.82. The molecule has 48 valence electrons. The van der Waals surface area contributed by atoms with Crippen LogP contribution >= 0.6 is 9.44 Å². The molecule has 0 saturated carbocycles. The van der Waals surface area contributed by atoms with Crippen molar-refractivity contribution in [2.75, 3.05) is 11.5 Å². The van der Waals surface area contributed by atoms with E-state index in [0.717, 1.165) is 5.25 Å². The third-order valence-corrected chi connectivity index (χ3v) is 5.34. The lowest BCUT2D eigenvalue weighted by Gasteiger charge is -2.08. The molecule has 0 amide bonds. The fourth-order valence-electron chi connectivity index (χ4n) is 0.831. The van der Waals surface area contributed by atoms with Gasteiger partial charge in [-0.1, -0.05) is 13.8 Å². The van der Waals surface area contributed by atoms with Crippen molar-refractivity contribution in [1.82, 2.24) is 0 Å². The van der Waals surface area contributed by atoms with Gasteiger partial charge in [0.25, 0.3) is 0 Å². The maximum atomic E-state index is 5.98. The van der Waals surface area contributed by atoms with Gasteiger partial charge in [-0.25, -0.2) is 0 Å². The Morgan fingerprint density at radius 2 is 2.12 bits per heavy atom. The van der Waals surface area contributed by atoms with Crippen LogP contribution in [0.4, 0.5) is 0 Å². The highest BCUT2D eigenvalue weighted by Gasteiger charge is 2.28. The van der Waals surface area contributed by atoms with Crippen LogP contribution in [-0.4, -0.2) is 16.8 Å². The van der Waals surface area contributed by atoms with E-state index in [-0.39, 0.29) is 0 Å². The zero-order chi connectivity index (χ0) is 6.20. The molecule has 0 radical (unpaired) electrons. The van der Waals surface area contributed by atoms with E-state index >= 15 is 0 Å². The predicted octanol–water partition coefficient (Wildman–Crippen LogP) is 2.19. The Morgan fingerprint density at radius 3 is 2.25 bits per heavy atom. The first-order chi connectivity index (χ1) is 3.69. The van der Waals surface area contributed by atoms with Crippen molar-refractivity contribution in [2.24, 2.45) is 0 Å². The summed E-state index contributed by atoms with van der Waals surface area (Å²) in [6.45, 7) is 4.51.